The second kappa shape index (κ2) is 8.39. The van der Waals surface area contributed by atoms with Gasteiger partial charge in [-0.1, -0.05) is 55.4 Å². The summed E-state index contributed by atoms with van der Waals surface area (Å²) in [6.45, 7) is 8.37. The lowest BCUT2D eigenvalue weighted by atomic mass is 10.0. The van der Waals surface area contributed by atoms with E-state index in [1.807, 2.05) is 30.5 Å². The molecule has 0 fully saturated rings. The zero-order chi connectivity index (χ0) is 19.4. The number of carbonyl (C=O) groups is 1. The van der Waals surface area contributed by atoms with Crippen LogP contribution in [0.25, 0.3) is 5.69 Å². The summed E-state index contributed by atoms with van der Waals surface area (Å²) in [5.74, 6) is 0.704. The molecule has 140 valence electrons. The van der Waals surface area contributed by atoms with E-state index in [2.05, 4.69) is 59.7 Å². The van der Waals surface area contributed by atoms with Crippen molar-refractivity contribution < 1.29 is 4.79 Å². The maximum absolute atomic E-state index is 12.3. The number of hydrogen-bond acceptors (Lipinski definition) is 4. The Hall–Kier alpha value is -2.60. The number of thioether (sulfide) groups is 1. The number of nitrogens with zero attached hydrogens (tertiary/aromatic N) is 3. The van der Waals surface area contributed by atoms with Crippen LogP contribution in [0.4, 0.5) is 5.69 Å². The second-order valence-electron chi connectivity index (χ2n) is 6.88. The van der Waals surface area contributed by atoms with Gasteiger partial charge in [0.1, 0.15) is 6.33 Å². The summed E-state index contributed by atoms with van der Waals surface area (Å²) in [4.78, 5) is 12.3. The molecule has 1 heterocycles. The van der Waals surface area contributed by atoms with E-state index in [9.17, 15) is 4.79 Å². The molecule has 0 bridgehead atoms. The van der Waals surface area contributed by atoms with Crippen molar-refractivity contribution in [3.05, 3.63) is 65.5 Å². The van der Waals surface area contributed by atoms with Gasteiger partial charge in [0.25, 0.3) is 0 Å². The smallest absolute Gasteiger partial charge is 0.234 e. The van der Waals surface area contributed by atoms with E-state index in [0.29, 0.717) is 11.1 Å². The first-order valence-corrected chi connectivity index (χ1v) is 9.93. The summed E-state index contributed by atoms with van der Waals surface area (Å²) in [5, 5.41) is 11.8. The van der Waals surface area contributed by atoms with Crippen molar-refractivity contribution in [3.63, 3.8) is 0 Å². The van der Waals surface area contributed by atoms with Crippen molar-refractivity contribution in [2.45, 2.75) is 38.8 Å². The van der Waals surface area contributed by atoms with E-state index < -0.39 is 0 Å². The van der Waals surface area contributed by atoms with Crippen LogP contribution in [0.2, 0.25) is 0 Å². The molecule has 0 saturated carbocycles. The van der Waals surface area contributed by atoms with E-state index in [-0.39, 0.29) is 11.7 Å². The number of aromatic nitrogens is 3. The Morgan fingerprint density at radius 2 is 1.89 bits per heavy atom. The fourth-order valence-electron chi connectivity index (χ4n) is 2.79. The first kappa shape index (κ1) is 19.2. The second-order valence-corrected chi connectivity index (χ2v) is 7.83. The Balaban J connectivity index is 1.65. The molecule has 1 N–H and O–H groups in total. The molecular formula is C21H24N4OS. The molecule has 1 aromatic heterocycles. The number of rotatable bonds is 6. The zero-order valence-corrected chi connectivity index (χ0v) is 16.9. The molecule has 0 aliphatic carbocycles. The third-order valence-electron chi connectivity index (χ3n) is 4.34. The summed E-state index contributed by atoms with van der Waals surface area (Å²) in [7, 11) is 0. The number of nitrogens with one attached hydrogen (secondary N) is 1. The van der Waals surface area contributed by atoms with Crippen molar-refractivity contribution in [2.24, 2.45) is 0 Å². The van der Waals surface area contributed by atoms with Gasteiger partial charge in [-0.2, -0.15) is 0 Å². The fraction of sp³-hybridized carbons (Fsp3) is 0.286. The van der Waals surface area contributed by atoms with Crippen molar-refractivity contribution in [1.29, 1.82) is 0 Å². The Labute approximate surface area is 164 Å². The van der Waals surface area contributed by atoms with Gasteiger partial charge >= 0.3 is 0 Å². The SMILES string of the molecule is Cc1ccc(NC(=O)CSc2nncn2-c2ccc(C(C)C)cc2)c(C)c1. The van der Waals surface area contributed by atoms with Crippen LogP contribution in [-0.2, 0) is 4.79 Å². The lowest BCUT2D eigenvalue weighted by Crippen LogP contribution is -2.15. The highest BCUT2D eigenvalue weighted by Gasteiger charge is 2.11. The summed E-state index contributed by atoms with van der Waals surface area (Å²) in [5.41, 5.74) is 5.35. The molecule has 0 spiro atoms. The average molecular weight is 381 g/mol. The Morgan fingerprint density at radius 3 is 2.56 bits per heavy atom. The molecule has 0 saturated heterocycles. The van der Waals surface area contributed by atoms with Crippen LogP contribution >= 0.6 is 11.8 Å². The van der Waals surface area contributed by atoms with Crippen molar-refractivity contribution in [1.82, 2.24) is 14.8 Å². The molecule has 27 heavy (non-hydrogen) atoms. The largest absolute Gasteiger partial charge is 0.325 e. The van der Waals surface area contributed by atoms with E-state index in [0.717, 1.165) is 16.9 Å². The monoisotopic (exact) mass is 380 g/mol. The summed E-state index contributed by atoms with van der Waals surface area (Å²) in [6.07, 6.45) is 1.68. The number of hydrogen-bond donors (Lipinski definition) is 1. The van der Waals surface area contributed by atoms with E-state index in [4.69, 9.17) is 0 Å². The topological polar surface area (TPSA) is 59.8 Å². The van der Waals surface area contributed by atoms with Gasteiger partial charge in [-0.15, -0.1) is 10.2 Å². The molecule has 0 radical (unpaired) electrons. The highest BCUT2D eigenvalue weighted by Crippen LogP contribution is 2.22. The predicted molar refractivity (Wildman–Crippen MR) is 111 cm³/mol. The van der Waals surface area contributed by atoms with E-state index >= 15 is 0 Å². The number of amides is 1. The molecular weight excluding hydrogens is 356 g/mol. The van der Waals surface area contributed by atoms with Crippen LogP contribution in [0.5, 0.6) is 0 Å². The van der Waals surface area contributed by atoms with Crippen LogP contribution in [0.3, 0.4) is 0 Å². The lowest BCUT2D eigenvalue weighted by Gasteiger charge is -2.10. The Morgan fingerprint density at radius 1 is 1.15 bits per heavy atom. The molecule has 0 aliphatic rings. The standard InChI is InChI=1S/C21H24N4OS/c1-14(2)17-6-8-18(9-7-17)25-13-22-24-21(25)27-12-20(26)23-19-10-5-15(3)11-16(19)4/h5-11,13-14H,12H2,1-4H3,(H,23,26). The fourth-order valence-corrected chi connectivity index (χ4v) is 3.52. The quantitative estimate of drug-likeness (QED) is 0.628. The third-order valence-corrected chi connectivity index (χ3v) is 5.29. The average Bonchev–Trinajstić information content (AvgIpc) is 3.11. The van der Waals surface area contributed by atoms with Gasteiger partial charge in [-0.25, -0.2) is 0 Å². The molecule has 3 rings (SSSR count). The van der Waals surface area contributed by atoms with E-state index in [1.54, 1.807) is 6.33 Å². The lowest BCUT2D eigenvalue weighted by molar-refractivity contribution is -0.113. The van der Waals surface area contributed by atoms with Crippen molar-refractivity contribution in [3.8, 4) is 5.69 Å². The van der Waals surface area contributed by atoms with Crippen LogP contribution in [-0.4, -0.2) is 26.4 Å². The van der Waals surface area contributed by atoms with Gasteiger partial charge in [-0.3, -0.25) is 9.36 Å². The van der Waals surface area contributed by atoms with Gasteiger partial charge < -0.3 is 5.32 Å². The maximum atomic E-state index is 12.3. The van der Waals surface area contributed by atoms with Crippen LogP contribution in [0, 0.1) is 13.8 Å². The molecule has 0 atom stereocenters. The summed E-state index contributed by atoms with van der Waals surface area (Å²) >= 11 is 1.37. The first-order valence-electron chi connectivity index (χ1n) is 8.94. The third kappa shape index (κ3) is 4.77. The molecule has 1 amide bonds. The van der Waals surface area contributed by atoms with Crippen LogP contribution in [0.15, 0.2) is 53.9 Å². The van der Waals surface area contributed by atoms with Gasteiger partial charge in [0, 0.05) is 11.4 Å². The highest BCUT2D eigenvalue weighted by molar-refractivity contribution is 7.99. The summed E-state index contributed by atoms with van der Waals surface area (Å²) < 4.78 is 1.90. The minimum atomic E-state index is -0.0586. The number of anilines is 1. The minimum absolute atomic E-state index is 0.0586. The number of aryl methyl sites for hydroxylation is 2. The van der Waals surface area contributed by atoms with Crippen molar-refractivity contribution in [2.75, 3.05) is 11.1 Å². The van der Waals surface area contributed by atoms with Gasteiger partial charge in [0.05, 0.1) is 5.75 Å². The predicted octanol–water partition coefficient (Wildman–Crippen LogP) is 4.74. The zero-order valence-electron chi connectivity index (χ0n) is 16.1. The number of benzene rings is 2. The number of carbonyl (C=O) groups excluding carboxylic acids is 1. The normalized spacial score (nSPS) is 11.0. The molecule has 6 heteroatoms. The molecule has 0 unspecified atom stereocenters. The maximum Gasteiger partial charge on any atom is 0.234 e. The molecule has 2 aromatic carbocycles. The first-order chi connectivity index (χ1) is 12.9. The molecule has 0 aliphatic heterocycles. The van der Waals surface area contributed by atoms with Gasteiger partial charge in [0.15, 0.2) is 5.16 Å². The molecule has 5 nitrogen and oxygen atoms in total. The summed E-state index contributed by atoms with van der Waals surface area (Å²) in [6, 6.07) is 14.3. The molecule has 3 aromatic rings. The van der Waals surface area contributed by atoms with Crippen molar-refractivity contribution >= 4 is 23.4 Å². The van der Waals surface area contributed by atoms with Gasteiger partial charge in [0.2, 0.25) is 5.91 Å². The van der Waals surface area contributed by atoms with Crippen LogP contribution in [0.1, 0.15) is 36.5 Å². The Kier molecular flexibility index (Phi) is 5.96. The van der Waals surface area contributed by atoms with E-state index in [1.165, 1.54) is 22.9 Å². The van der Waals surface area contributed by atoms with Gasteiger partial charge in [-0.05, 0) is 49.1 Å². The Bertz CT molecular complexity index is 932. The minimum Gasteiger partial charge on any atom is -0.325 e. The highest BCUT2D eigenvalue weighted by atomic mass is 32.2. The van der Waals surface area contributed by atoms with Crippen LogP contribution < -0.4 is 5.32 Å².